The molecule has 1 aliphatic carbocycles. The van der Waals surface area contributed by atoms with Crippen molar-refractivity contribution in [2.45, 2.75) is 38.1 Å². The third kappa shape index (κ3) is 4.56. The SMILES string of the molecule is O=C(ON1CC[C@H]1COC1=CNCC(CC2(CCO)CC2)=C1)c1ccccc1. The minimum atomic E-state index is -0.329. The van der Waals surface area contributed by atoms with E-state index in [-0.39, 0.29) is 18.6 Å². The fourth-order valence-corrected chi connectivity index (χ4v) is 3.81. The van der Waals surface area contributed by atoms with E-state index in [1.54, 1.807) is 17.2 Å². The minimum absolute atomic E-state index is 0.0801. The Morgan fingerprint density at radius 1 is 1.29 bits per heavy atom. The second kappa shape index (κ2) is 8.37. The van der Waals surface area contributed by atoms with E-state index in [4.69, 9.17) is 9.57 Å². The van der Waals surface area contributed by atoms with Gasteiger partial charge in [-0.2, -0.15) is 0 Å². The van der Waals surface area contributed by atoms with Gasteiger partial charge in [-0.25, -0.2) is 4.79 Å². The number of carbonyl (C=O) groups is 1. The van der Waals surface area contributed by atoms with Crippen LogP contribution in [0.3, 0.4) is 0 Å². The second-order valence-corrected chi connectivity index (χ2v) is 8.02. The fourth-order valence-electron chi connectivity index (χ4n) is 3.81. The van der Waals surface area contributed by atoms with Crippen molar-refractivity contribution in [2.24, 2.45) is 5.41 Å². The molecule has 6 heteroatoms. The average molecular weight is 384 g/mol. The summed E-state index contributed by atoms with van der Waals surface area (Å²) in [7, 11) is 0. The van der Waals surface area contributed by atoms with Gasteiger partial charge in [0.05, 0.1) is 11.6 Å². The third-order valence-corrected chi connectivity index (χ3v) is 5.86. The summed E-state index contributed by atoms with van der Waals surface area (Å²) in [6, 6.07) is 9.11. The summed E-state index contributed by atoms with van der Waals surface area (Å²) < 4.78 is 5.97. The van der Waals surface area contributed by atoms with Gasteiger partial charge in [-0.15, -0.1) is 5.06 Å². The number of hydroxylamine groups is 2. The predicted molar refractivity (Wildman–Crippen MR) is 105 cm³/mol. The maximum Gasteiger partial charge on any atom is 0.357 e. The van der Waals surface area contributed by atoms with Crippen LogP contribution in [-0.4, -0.2) is 48.5 Å². The molecule has 1 saturated carbocycles. The zero-order valence-corrected chi connectivity index (χ0v) is 16.1. The highest BCUT2D eigenvalue weighted by Crippen LogP contribution is 2.53. The number of carbonyl (C=O) groups excluding carboxylic acids is 1. The molecule has 28 heavy (non-hydrogen) atoms. The van der Waals surface area contributed by atoms with E-state index >= 15 is 0 Å². The number of hydrogen-bond acceptors (Lipinski definition) is 6. The van der Waals surface area contributed by atoms with Crippen LogP contribution in [0, 0.1) is 5.41 Å². The smallest absolute Gasteiger partial charge is 0.357 e. The largest absolute Gasteiger partial charge is 0.490 e. The topological polar surface area (TPSA) is 71.0 Å². The molecule has 6 nitrogen and oxygen atoms in total. The molecular formula is C22H28N2O4. The molecule has 2 fully saturated rings. The van der Waals surface area contributed by atoms with Crippen LogP contribution in [0.15, 0.2) is 53.9 Å². The molecular weight excluding hydrogens is 356 g/mol. The average Bonchev–Trinajstić information content (AvgIpc) is 3.45. The molecule has 1 aromatic carbocycles. The number of dihydropyridines is 1. The van der Waals surface area contributed by atoms with E-state index in [9.17, 15) is 9.90 Å². The number of nitrogens with one attached hydrogen (secondary N) is 1. The van der Waals surface area contributed by atoms with E-state index in [2.05, 4.69) is 11.4 Å². The summed E-state index contributed by atoms with van der Waals surface area (Å²) in [5, 5.41) is 14.2. The molecule has 0 aromatic heterocycles. The predicted octanol–water partition coefficient (Wildman–Crippen LogP) is 2.77. The highest BCUT2D eigenvalue weighted by atomic mass is 16.7. The summed E-state index contributed by atoms with van der Waals surface area (Å²) in [6.07, 6.45) is 9.27. The summed E-state index contributed by atoms with van der Waals surface area (Å²) in [6.45, 7) is 2.32. The zero-order chi connectivity index (χ0) is 19.4. The second-order valence-electron chi connectivity index (χ2n) is 8.02. The van der Waals surface area contributed by atoms with Crippen LogP contribution in [0.1, 0.15) is 42.5 Å². The summed E-state index contributed by atoms with van der Waals surface area (Å²) in [4.78, 5) is 17.7. The van der Waals surface area contributed by atoms with E-state index < -0.39 is 0 Å². The lowest BCUT2D eigenvalue weighted by Crippen LogP contribution is -2.50. The van der Waals surface area contributed by atoms with Crippen molar-refractivity contribution in [1.29, 1.82) is 0 Å². The van der Waals surface area contributed by atoms with E-state index in [1.807, 2.05) is 24.4 Å². The quantitative estimate of drug-likeness (QED) is 0.682. The molecule has 2 aliphatic heterocycles. The molecule has 0 bridgehead atoms. The lowest BCUT2D eigenvalue weighted by molar-refractivity contribution is -0.195. The van der Waals surface area contributed by atoms with Crippen molar-refractivity contribution >= 4 is 5.97 Å². The van der Waals surface area contributed by atoms with Crippen molar-refractivity contribution in [1.82, 2.24) is 10.4 Å². The van der Waals surface area contributed by atoms with Crippen molar-refractivity contribution in [3.63, 3.8) is 0 Å². The standard InChI is InChI=1S/C22H28N2O4/c25-11-9-22(7-8-22)13-17-12-20(15-23-14-17)27-16-19-6-10-24(19)28-21(26)18-4-2-1-3-5-18/h1-5,12,15,19,23,25H,6-11,13-14,16H2/t19-/m0/s1. The molecule has 0 unspecified atom stereocenters. The van der Waals surface area contributed by atoms with Crippen LogP contribution >= 0.6 is 0 Å². The van der Waals surface area contributed by atoms with Crippen LogP contribution in [-0.2, 0) is 9.57 Å². The Morgan fingerprint density at radius 2 is 2.11 bits per heavy atom. The molecule has 1 saturated heterocycles. The maximum atomic E-state index is 12.2. The summed E-state index contributed by atoms with van der Waals surface area (Å²) >= 11 is 0. The monoisotopic (exact) mass is 384 g/mol. The molecule has 0 radical (unpaired) electrons. The Kier molecular flexibility index (Phi) is 5.69. The molecule has 150 valence electrons. The third-order valence-electron chi connectivity index (χ3n) is 5.86. The molecule has 4 rings (SSSR count). The molecule has 2 N–H and O–H groups in total. The number of benzene rings is 1. The van der Waals surface area contributed by atoms with Gasteiger partial charge < -0.3 is 20.0 Å². The summed E-state index contributed by atoms with van der Waals surface area (Å²) in [5.41, 5.74) is 2.18. The van der Waals surface area contributed by atoms with Gasteiger partial charge in [0.15, 0.2) is 0 Å². The van der Waals surface area contributed by atoms with Crippen molar-refractivity contribution in [2.75, 3.05) is 26.3 Å². The molecule has 0 spiro atoms. The van der Waals surface area contributed by atoms with Gasteiger partial charge in [-0.1, -0.05) is 18.2 Å². The van der Waals surface area contributed by atoms with Crippen molar-refractivity contribution < 1.29 is 19.5 Å². The van der Waals surface area contributed by atoms with Crippen molar-refractivity contribution in [3.05, 3.63) is 59.5 Å². The van der Waals surface area contributed by atoms with Gasteiger partial charge >= 0.3 is 5.97 Å². The van der Waals surface area contributed by atoms with E-state index in [0.29, 0.717) is 17.6 Å². The van der Waals surface area contributed by atoms with E-state index in [1.165, 1.54) is 18.4 Å². The zero-order valence-electron chi connectivity index (χ0n) is 16.1. The lowest BCUT2D eigenvalue weighted by atomic mass is 9.92. The highest BCUT2D eigenvalue weighted by Gasteiger charge is 2.42. The Bertz CT molecular complexity index is 755. The number of nitrogens with zero attached hydrogens (tertiary/aromatic N) is 1. The Hall–Kier alpha value is -2.31. The first kappa shape index (κ1) is 19.0. The van der Waals surface area contributed by atoms with Gasteiger partial charge in [0.1, 0.15) is 12.4 Å². The lowest BCUT2D eigenvalue weighted by Gasteiger charge is -2.38. The first-order valence-electron chi connectivity index (χ1n) is 10.1. The molecule has 0 amide bonds. The van der Waals surface area contributed by atoms with Crippen molar-refractivity contribution in [3.8, 4) is 0 Å². The normalized spacial score (nSPS) is 23.0. The van der Waals surface area contributed by atoms with Crippen LogP contribution in [0.5, 0.6) is 0 Å². The van der Waals surface area contributed by atoms with Crippen LogP contribution in [0.4, 0.5) is 0 Å². The first-order valence-corrected chi connectivity index (χ1v) is 10.1. The Labute approximate surface area is 165 Å². The number of ether oxygens (including phenoxy) is 1. The number of aliphatic hydroxyl groups excluding tert-OH is 1. The molecule has 1 aromatic rings. The van der Waals surface area contributed by atoms with E-state index in [0.717, 1.165) is 38.1 Å². The maximum absolute atomic E-state index is 12.2. The van der Waals surface area contributed by atoms with Gasteiger partial charge in [0.2, 0.25) is 0 Å². The van der Waals surface area contributed by atoms with Crippen LogP contribution < -0.4 is 5.32 Å². The van der Waals surface area contributed by atoms with Gasteiger partial charge in [0, 0.05) is 25.9 Å². The van der Waals surface area contributed by atoms with Gasteiger partial charge in [0.25, 0.3) is 0 Å². The van der Waals surface area contributed by atoms with Crippen LogP contribution in [0.2, 0.25) is 0 Å². The fraction of sp³-hybridized carbons (Fsp3) is 0.500. The number of allylic oxidation sites excluding steroid dienone is 1. The minimum Gasteiger partial charge on any atom is -0.490 e. The Morgan fingerprint density at radius 3 is 2.79 bits per heavy atom. The number of rotatable bonds is 9. The number of hydrogen-bond donors (Lipinski definition) is 2. The molecule has 1 atom stereocenters. The van der Waals surface area contributed by atoms with Gasteiger partial charge in [-0.3, -0.25) is 0 Å². The highest BCUT2D eigenvalue weighted by molar-refractivity contribution is 5.89. The number of aliphatic hydroxyl groups is 1. The van der Waals surface area contributed by atoms with Crippen LogP contribution in [0.25, 0.3) is 0 Å². The first-order chi connectivity index (χ1) is 13.7. The molecule has 3 aliphatic rings. The molecule has 2 heterocycles. The Balaban J connectivity index is 1.25. The van der Waals surface area contributed by atoms with Gasteiger partial charge in [-0.05, 0) is 61.3 Å². The summed E-state index contributed by atoms with van der Waals surface area (Å²) in [5.74, 6) is 0.493.